The minimum atomic E-state index is -0.848. The van der Waals surface area contributed by atoms with Crippen LogP contribution in [0.2, 0.25) is 0 Å². The van der Waals surface area contributed by atoms with Crippen LogP contribution in [0.4, 0.5) is 4.79 Å². The van der Waals surface area contributed by atoms with Gasteiger partial charge in [0, 0.05) is 18.7 Å². The van der Waals surface area contributed by atoms with Gasteiger partial charge in [-0.15, -0.1) is 0 Å². The molecule has 0 saturated carbocycles. The molecule has 0 spiro atoms. The number of furan rings is 1. The highest BCUT2D eigenvalue weighted by Gasteiger charge is 2.30. The lowest BCUT2D eigenvalue weighted by molar-refractivity contribution is -0.141. The lowest BCUT2D eigenvalue weighted by Crippen LogP contribution is -2.38. The van der Waals surface area contributed by atoms with Gasteiger partial charge in [0.2, 0.25) is 0 Å². The van der Waals surface area contributed by atoms with Crippen LogP contribution in [-0.2, 0) is 11.3 Å². The van der Waals surface area contributed by atoms with Gasteiger partial charge in [-0.3, -0.25) is 4.79 Å². The summed E-state index contributed by atoms with van der Waals surface area (Å²) in [6, 6.07) is 13.2. The van der Waals surface area contributed by atoms with Crippen LogP contribution in [0.5, 0.6) is 0 Å². The maximum atomic E-state index is 12.0. The van der Waals surface area contributed by atoms with E-state index in [1.54, 1.807) is 0 Å². The van der Waals surface area contributed by atoms with Gasteiger partial charge >= 0.3 is 12.0 Å². The second-order valence-corrected chi connectivity index (χ2v) is 5.56. The average molecular weight is 314 g/mol. The molecule has 2 amide bonds. The summed E-state index contributed by atoms with van der Waals surface area (Å²) in [5.74, 6) is 0.0982. The Bertz CT molecular complexity index is 696. The summed E-state index contributed by atoms with van der Waals surface area (Å²) in [4.78, 5) is 24.5. The topological polar surface area (TPSA) is 82.8 Å². The molecule has 1 aliphatic heterocycles. The highest BCUT2D eigenvalue weighted by atomic mass is 16.4. The van der Waals surface area contributed by atoms with Crippen molar-refractivity contribution in [1.82, 2.24) is 10.2 Å². The molecule has 6 heteroatoms. The van der Waals surface area contributed by atoms with E-state index in [0.717, 1.165) is 11.3 Å². The number of carboxylic acid groups (broad SMARTS) is 1. The first kappa shape index (κ1) is 15.1. The van der Waals surface area contributed by atoms with Crippen LogP contribution in [0.3, 0.4) is 0 Å². The van der Waals surface area contributed by atoms with E-state index < -0.39 is 11.9 Å². The lowest BCUT2D eigenvalue weighted by Gasteiger charge is -2.16. The number of hydrogen-bond acceptors (Lipinski definition) is 3. The predicted molar refractivity (Wildman–Crippen MR) is 83.7 cm³/mol. The zero-order chi connectivity index (χ0) is 16.2. The van der Waals surface area contributed by atoms with Crippen LogP contribution in [0.1, 0.15) is 12.2 Å². The van der Waals surface area contributed by atoms with E-state index in [2.05, 4.69) is 5.32 Å². The number of nitrogens with one attached hydrogen (secondary N) is 1. The van der Waals surface area contributed by atoms with Crippen molar-refractivity contribution < 1.29 is 19.1 Å². The van der Waals surface area contributed by atoms with Crippen molar-refractivity contribution in [3.8, 4) is 11.3 Å². The van der Waals surface area contributed by atoms with E-state index in [4.69, 9.17) is 9.52 Å². The number of amides is 2. The Morgan fingerprint density at radius 1 is 1.22 bits per heavy atom. The van der Waals surface area contributed by atoms with Crippen molar-refractivity contribution in [2.75, 3.05) is 13.1 Å². The zero-order valence-electron chi connectivity index (χ0n) is 12.6. The number of carboxylic acids is 1. The van der Waals surface area contributed by atoms with Crippen LogP contribution < -0.4 is 5.32 Å². The van der Waals surface area contributed by atoms with E-state index in [0.29, 0.717) is 18.7 Å². The van der Waals surface area contributed by atoms with Gasteiger partial charge in [-0.05, 0) is 18.6 Å². The van der Waals surface area contributed by atoms with Crippen molar-refractivity contribution in [3.63, 3.8) is 0 Å². The molecule has 3 rings (SSSR count). The highest BCUT2D eigenvalue weighted by molar-refractivity contribution is 5.77. The fourth-order valence-electron chi connectivity index (χ4n) is 2.65. The first-order valence-electron chi connectivity index (χ1n) is 7.53. The van der Waals surface area contributed by atoms with Gasteiger partial charge < -0.3 is 19.7 Å². The summed E-state index contributed by atoms with van der Waals surface area (Å²) in [5, 5.41) is 11.7. The highest BCUT2D eigenvalue weighted by Crippen LogP contribution is 2.22. The second kappa shape index (κ2) is 6.56. The Balaban J connectivity index is 1.54. The number of carbonyl (C=O) groups is 2. The molecule has 0 radical (unpaired) electrons. The number of benzene rings is 1. The van der Waals surface area contributed by atoms with Gasteiger partial charge in [0.15, 0.2) is 0 Å². The molecule has 1 aromatic heterocycles. The van der Waals surface area contributed by atoms with Gasteiger partial charge in [-0.2, -0.15) is 0 Å². The molecule has 6 nitrogen and oxygen atoms in total. The summed E-state index contributed by atoms with van der Waals surface area (Å²) >= 11 is 0. The number of urea groups is 1. The van der Waals surface area contributed by atoms with Gasteiger partial charge in [0.25, 0.3) is 0 Å². The van der Waals surface area contributed by atoms with Crippen molar-refractivity contribution in [3.05, 3.63) is 48.2 Å². The smallest absolute Gasteiger partial charge is 0.317 e. The van der Waals surface area contributed by atoms with E-state index in [9.17, 15) is 9.59 Å². The fraction of sp³-hybridized carbons (Fsp3) is 0.294. The molecule has 1 unspecified atom stereocenters. The van der Waals surface area contributed by atoms with Crippen LogP contribution >= 0.6 is 0 Å². The van der Waals surface area contributed by atoms with Gasteiger partial charge in [-0.25, -0.2) is 4.79 Å². The maximum Gasteiger partial charge on any atom is 0.317 e. The normalized spacial score (nSPS) is 17.2. The molecule has 23 heavy (non-hydrogen) atoms. The van der Waals surface area contributed by atoms with Crippen LogP contribution in [0.15, 0.2) is 46.9 Å². The maximum absolute atomic E-state index is 12.0. The molecule has 1 aliphatic rings. The van der Waals surface area contributed by atoms with Gasteiger partial charge in [-0.1, -0.05) is 30.3 Å². The molecule has 2 heterocycles. The van der Waals surface area contributed by atoms with Crippen LogP contribution in [0, 0.1) is 5.92 Å². The summed E-state index contributed by atoms with van der Waals surface area (Å²) in [6.07, 6.45) is 0.502. The molecule has 1 aromatic carbocycles. The van der Waals surface area contributed by atoms with Crippen molar-refractivity contribution in [2.45, 2.75) is 13.0 Å². The lowest BCUT2D eigenvalue weighted by atomic mass is 10.1. The number of nitrogens with zero attached hydrogens (tertiary/aromatic N) is 1. The first-order chi connectivity index (χ1) is 11.1. The zero-order valence-corrected chi connectivity index (χ0v) is 12.6. The Hall–Kier alpha value is -2.76. The standard InChI is InChI=1S/C17H18N2O4/c20-16(21)13-8-9-19(11-13)17(22)18-10-14-6-7-15(23-14)12-4-2-1-3-5-12/h1-7,13H,8-11H2,(H,18,22)(H,20,21). The molecule has 1 fully saturated rings. The van der Waals surface area contributed by atoms with Crippen LogP contribution in [0.25, 0.3) is 11.3 Å². The Morgan fingerprint density at radius 3 is 2.70 bits per heavy atom. The van der Waals surface area contributed by atoms with Gasteiger partial charge in [0.05, 0.1) is 12.5 Å². The minimum absolute atomic E-state index is 0.258. The average Bonchev–Trinajstić information content (AvgIpc) is 3.23. The van der Waals surface area contributed by atoms with Crippen molar-refractivity contribution in [2.24, 2.45) is 5.92 Å². The molecule has 1 atom stereocenters. The Labute approximate surface area is 133 Å². The van der Waals surface area contributed by atoms with Crippen molar-refractivity contribution >= 4 is 12.0 Å². The molecule has 0 aliphatic carbocycles. The molecular formula is C17H18N2O4. The number of rotatable bonds is 4. The monoisotopic (exact) mass is 314 g/mol. The minimum Gasteiger partial charge on any atom is -0.481 e. The van der Waals surface area contributed by atoms with E-state index in [1.807, 2.05) is 42.5 Å². The molecular weight excluding hydrogens is 296 g/mol. The van der Waals surface area contributed by atoms with Crippen LogP contribution in [-0.4, -0.2) is 35.1 Å². The quantitative estimate of drug-likeness (QED) is 0.908. The van der Waals surface area contributed by atoms with E-state index in [1.165, 1.54) is 4.90 Å². The molecule has 2 aromatic rings. The molecule has 1 saturated heterocycles. The third kappa shape index (κ3) is 3.53. The Kier molecular flexibility index (Phi) is 4.32. The van der Waals surface area contributed by atoms with E-state index in [-0.39, 0.29) is 19.1 Å². The number of carbonyl (C=O) groups excluding carboxylic acids is 1. The Morgan fingerprint density at radius 2 is 2.00 bits per heavy atom. The third-order valence-electron chi connectivity index (χ3n) is 3.96. The largest absolute Gasteiger partial charge is 0.481 e. The molecule has 120 valence electrons. The summed E-state index contributed by atoms with van der Waals surface area (Å²) in [7, 11) is 0. The van der Waals surface area contributed by atoms with E-state index >= 15 is 0 Å². The van der Waals surface area contributed by atoms with Gasteiger partial charge in [0.1, 0.15) is 11.5 Å². The SMILES string of the molecule is O=C(O)C1CCN(C(=O)NCc2ccc(-c3ccccc3)o2)C1. The number of likely N-dealkylation sites (tertiary alicyclic amines) is 1. The predicted octanol–water partition coefficient (Wildman–Crippen LogP) is 2.56. The number of aliphatic carboxylic acids is 1. The summed E-state index contributed by atoms with van der Waals surface area (Å²) in [6.45, 7) is 1.00. The number of hydrogen-bond donors (Lipinski definition) is 2. The summed E-state index contributed by atoms with van der Waals surface area (Å²) < 4.78 is 5.71. The summed E-state index contributed by atoms with van der Waals surface area (Å²) in [5.41, 5.74) is 0.980. The molecule has 2 N–H and O–H groups in total. The van der Waals surface area contributed by atoms with Crippen molar-refractivity contribution in [1.29, 1.82) is 0 Å². The third-order valence-corrected chi connectivity index (χ3v) is 3.96. The first-order valence-corrected chi connectivity index (χ1v) is 7.53. The molecule has 0 bridgehead atoms. The fourth-order valence-corrected chi connectivity index (χ4v) is 2.65. The second-order valence-electron chi connectivity index (χ2n) is 5.56.